The Morgan fingerprint density at radius 3 is 2.77 bits per heavy atom. The maximum atomic E-state index is 12.6. The highest BCUT2D eigenvalue weighted by Crippen LogP contribution is 2.36. The number of Topliss-reactive ketones (excluding diaryl/α,β-unsaturated/α-hetero) is 1. The van der Waals surface area contributed by atoms with Crippen LogP contribution in [0.3, 0.4) is 0 Å². The number of fused-ring (bicyclic) bond motifs is 1. The standard InChI is InChI=1S/C18H23NO3/c1-5-7-15(20)13-8-9-16-14(11-13)19(10-6-2)18(21)17(22-16)12(3)4/h6,8-9,11-12,17H,2,5,7,10H2,1,3-4H3. The lowest BCUT2D eigenvalue weighted by atomic mass is 10.0. The Hall–Kier alpha value is -2.10. The highest BCUT2D eigenvalue weighted by molar-refractivity contribution is 6.03. The number of hydrogen-bond donors (Lipinski definition) is 0. The van der Waals surface area contributed by atoms with Crippen LogP contribution in [0.25, 0.3) is 0 Å². The predicted molar refractivity (Wildman–Crippen MR) is 87.5 cm³/mol. The van der Waals surface area contributed by atoms with Gasteiger partial charge >= 0.3 is 0 Å². The van der Waals surface area contributed by atoms with Gasteiger partial charge in [-0.05, 0) is 30.5 Å². The largest absolute Gasteiger partial charge is 0.478 e. The highest BCUT2D eigenvalue weighted by Gasteiger charge is 2.36. The van der Waals surface area contributed by atoms with Crippen LogP contribution in [0.4, 0.5) is 5.69 Å². The molecule has 0 radical (unpaired) electrons. The Morgan fingerprint density at radius 1 is 1.45 bits per heavy atom. The van der Waals surface area contributed by atoms with Crippen molar-refractivity contribution in [2.45, 2.75) is 39.7 Å². The highest BCUT2D eigenvalue weighted by atomic mass is 16.5. The summed E-state index contributed by atoms with van der Waals surface area (Å²) in [6, 6.07) is 5.32. The minimum absolute atomic E-state index is 0.0781. The second kappa shape index (κ2) is 6.77. The number of amides is 1. The predicted octanol–water partition coefficient (Wildman–Crippen LogP) is 3.61. The molecule has 1 aromatic carbocycles. The Bertz CT molecular complexity index is 592. The second-order valence-corrected chi connectivity index (χ2v) is 5.88. The Balaban J connectivity index is 2.43. The van der Waals surface area contributed by atoms with Crippen LogP contribution in [0, 0.1) is 5.92 Å². The maximum Gasteiger partial charge on any atom is 0.268 e. The summed E-state index contributed by atoms with van der Waals surface area (Å²) >= 11 is 0. The number of carbonyl (C=O) groups excluding carboxylic acids is 2. The monoisotopic (exact) mass is 301 g/mol. The van der Waals surface area contributed by atoms with Gasteiger partial charge in [0, 0.05) is 18.5 Å². The van der Waals surface area contributed by atoms with Crippen molar-refractivity contribution in [2.24, 2.45) is 5.92 Å². The molecular formula is C18H23NO3. The lowest BCUT2D eigenvalue weighted by molar-refractivity contribution is -0.128. The molecule has 0 N–H and O–H groups in total. The molecule has 0 spiro atoms. The lowest BCUT2D eigenvalue weighted by Gasteiger charge is -2.35. The number of nitrogens with zero attached hydrogens (tertiary/aromatic N) is 1. The van der Waals surface area contributed by atoms with Crippen molar-refractivity contribution in [3.05, 3.63) is 36.4 Å². The molecule has 0 aromatic heterocycles. The van der Waals surface area contributed by atoms with Gasteiger partial charge in [-0.1, -0.05) is 26.8 Å². The molecule has 0 fully saturated rings. The van der Waals surface area contributed by atoms with Gasteiger partial charge in [-0.25, -0.2) is 0 Å². The van der Waals surface area contributed by atoms with Gasteiger partial charge in [-0.2, -0.15) is 0 Å². The summed E-state index contributed by atoms with van der Waals surface area (Å²) in [5.74, 6) is 0.729. The molecular weight excluding hydrogens is 278 g/mol. The minimum Gasteiger partial charge on any atom is -0.478 e. The number of anilines is 1. The molecule has 22 heavy (non-hydrogen) atoms. The average Bonchev–Trinajstić information content (AvgIpc) is 2.49. The molecule has 1 aromatic rings. The first-order valence-corrected chi connectivity index (χ1v) is 7.75. The van der Waals surface area contributed by atoms with E-state index in [9.17, 15) is 9.59 Å². The fraction of sp³-hybridized carbons (Fsp3) is 0.444. The van der Waals surface area contributed by atoms with E-state index in [1.807, 2.05) is 20.8 Å². The van der Waals surface area contributed by atoms with Crippen LogP contribution in [0.15, 0.2) is 30.9 Å². The number of hydrogen-bond acceptors (Lipinski definition) is 3. The van der Waals surface area contributed by atoms with Crippen LogP contribution in [0.1, 0.15) is 44.0 Å². The SMILES string of the molecule is C=CCN1C(=O)C(C(C)C)Oc2ccc(C(=O)CCC)cc21. The van der Waals surface area contributed by atoms with Crippen LogP contribution < -0.4 is 9.64 Å². The Kier molecular flexibility index (Phi) is 5.01. The van der Waals surface area contributed by atoms with Crippen molar-refractivity contribution in [3.8, 4) is 5.75 Å². The molecule has 0 aliphatic carbocycles. The van der Waals surface area contributed by atoms with Gasteiger partial charge in [0.15, 0.2) is 11.9 Å². The van der Waals surface area contributed by atoms with Crippen LogP contribution in [0.2, 0.25) is 0 Å². The summed E-state index contributed by atoms with van der Waals surface area (Å²) in [5.41, 5.74) is 1.28. The zero-order chi connectivity index (χ0) is 16.3. The van der Waals surface area contributed by atoms with E-state index >= 15 is 0 Å². The summed E-state index contributed by atoms with van der Waals surface area (Å²) in [6.45, 7) is 10.0. The molecule has 1 atom stereocenters. The first kappa shape index (κ1) is 16.3. The van der Waals surface area contributed by atoms with E-state index in [-0.39, 0.29) is 17.6 Å². The van der Waals surface area contributed by atoms with Gasteiger partial charge < -0.3 is 9.64 Å². The van der Waals surface area contributed by atoms with Crippen molar-refractivity contribution in [2.75, 3.05) is 11.4 Å². The Labute approximate surface area is 131 Å². The fourth-order valence-corrected chi connectivity index (χ4v) is 2.57. The molecule has 0 saturated carbocycles. The van der Waals surface area contributed by atoms with Gasteiger partial charge in [0.2, 0.25) is 0 Å². The van der Waals surface area contributed by atoms with E-state index in [1.54, 1.807) is 29.2 Å². The molecule has 4 heteroatoms. The molecule has 1 heterocycles. The summed E-state index contributed by atoms with van der Waals surface area (Å²) in [5, 5.41) is 0. The Morgan fingerprint density at radius 2 is 2.18 bits per heavy atom. The lowest BCUT2D eigenvalue weighted by Crippen LogP contribution is -2.48. The molecule has 4 nitrogen and oxygen atoms in total. The smallest absolute Gasteiger partial charge is 0.268 e. The molecule has 1 aliphatic heterocycles. The molecule has 1 aliphatic rings. The minimum atomic E-state index is -0.496. The maximum absolute atomic E-state index is 12.6. The van der Waals surface area contributed by atoms with E-state index in [2.05, 4.69) is 6.58 Å². The zero-order valence-corrected chi connectivity index (χ0v) is 13.5. The fourth-order valence-electron chi connectivity index (χ4n) is 2.57. The van der Waals surface area contributed by atoms with E-state index in [4.69, 9.17) is 4.74 Å². The normalized spacial score (nSPS) is 17.2. The summed E-state index contributed by atoms with van der Waals surface area (Å²) in [6.07, 6.45) is 2.50. The van der Waals surface area contributed by atoms with Gasteiger partial charge in [0.05, 0.1) is 5.69 Å². The van der Waals surface area contributed by atoms with Crippen LogP contribution in [-0.2, 0) is 4.79 Å². The molecule has 0 saturated heterocycles. The number of rotatable bonds is 6. The average molecular weight is 301 g/mol. The molecule has 2 rings (SSSR count). The van der Waals surface area contributed by atoms with Crippen molar-refractivity contribution < 1.29 is 14.3 Å². The van der Waals surface area contributed by atoms with E-state index < -0.39 is 6.10 Å². The third kappa shape index (κ3) is 3.06. The third-order valence-corrected chi connectivity index (χ3v) is 3.73. The zero-order valence-electron chi connectivity index (χ0n) is 13.5. The van der Waals surface area contributed by atoms with Crippen molar-refractivity contribution in [1.82, 2.24) is 0 Å². The molecule has 0 bridgehead atoms. The van der Waals surface area contributed by atoms with Crippen LogP contribution >= 0.6 is 0 Å². The van der Waals surface area contributed by atoms with Crippen LogP contribution in [-0.4, -0.2) is 24.3 Å². The third-order valence-electron chi connectivity index (χ3n) is 3.73. The van der Waals surface area contributed by atoms with Crippen molar-refractivity contribution in [1.29, 1.82) is 0 Å². The van der Waals surface area contributed by atoms with Crippen molar-refractivity contribution >= 4 is 17.4 Å². The second-order valence-electron chi connectivity index (χ2n) is 5.88. The van der Waals surface area contributed by atoms with E-state index in [0.717, 1.165) is 6.42 Å². The number of carbonyl (C=O) groups is 2. The first-order chi connectivity index (χ1) is 10.5. The number of ketones is 1. The summed E-state index contributed by atoms with van der Waals surface area (Å²) in [7, 11) is 0. The van der Waals surface area contributed by atoms with E-state index in [0.29, 0.717) is 30.0 Å². The quantitative estimate of drug-likeness (QED) is 0.595. The van der Waals surface area contributed by atoms with Gasteiger partial charge in [0.1, 0.15) is 5.75 Å². The van der Waals surface area contributed by atoms with Crippen LogP contribution in [0.5, 0.6) is 5.75 Å². The summed E-state index contributed by atoms with van der Waals surface area (Å²) < 4.78 is 5.84. The molecule has 1 amide bonds. The number of benzene rings is 1. The topological polar surface area (TPSA) is 46.6 Å². The van der Waals surface area contributed by atoms with Crippen molar-refractivity contribution in [3.63, 3.8) is 0 Å². The first-order valence-electron chi connectivity index (χ1n) is 7.75. The summed E-state index contributed by atoms with van der Waals surface area (Å²) in [4.78, 5) is 26.3. The van der Waals surface area contributed by atoms with Gasteiger partial charge in [-0.15, -0.1) is 6.58 Å². The van der Waals surface area contributed by atoms with Gasteiger partial charge in [0.25, 0.3) is 5.91 Å². The number of ether oxygens (including phenoxy) is 1. The van der Waals surface area contributed by atoms with E-state index in [1.165, 1.54) is 0 Å². The molecule has 118 valence electrons. The van der Waals surface area contributed by atoms with Gasteiger partial charge in [-0.3, -0.25) is 9.59 Å². The molecule has 1 unspecified atom stereocenters.